The molecule has 0 amide bonds. The average Bonchev–Trinajstić information content (AvgIpc) is 2.88. The third-order valence-electron chi connectivity index (χ3n) is 5.44. The van der Waals surface area contributed by atoms with Crippen molar-refractivity contribution in [3.63, 3.8) is 0 Å². The van der Waals surface area contributed by atoms with E-state index in [-0.39, 0.29) is 25.2 Å². The molecule has 0 atom stereocenters. The number of hydrogen-bond donors (Lipinski definition) is 1. The Morgan fingerprint density at radius 1 is 0.694 bits per heavy atom. The van der Waals surface area contributed by atoms with E-state index in [9.17, 15) is 9.18 Å². The van der Waals surface area contributed by atoms with Gasteiger partial charge in [-0.1, -0.05) is 54.6 Å². The fourth-order valence-electron chi connectivity index (χ4n) is 3.64. The molecule has 0 aliphatic carbocycles. The van der Waals surface area contributed by atoms with Gasteiger partial charge in [0.2, 0.25) is 0 Å². The number of aliphatic carboxylic acids is 1. The van der Waals surface area contributed by atoms with Gasteiger partial charge in [-0.15, -0.1) is 0 Å². The number of hydrogen-bond acceptors (Lipinski definition) is 4. The van der Waals surface area contributed by atoms with Crippen LogP contribution >= 0.6 is 0 Å². The summed E-state index contributed by atoms with van der Waals surface area (Å²) in [6.07, 6.45) is 0.964. The monoisotopic (exact) mass is 486 g/mol. The van der Waals surface area contributed by atoms with Crippen molar-refractivity contribution >= 4 is 5.97 Å². The number of carboxylic acids is 1. The molecular formula is C30H27FO5. The zero-order valence-corrected chi connectivity index (χ0v) is 19.7. The number of ether oxygens (including phenoxy) is 3. The summed E-state index contributed by atoms with van der Waals surface area (Å²) < 4.78 is 32.3. The van der Waals surface area contributed by atoms with Crippen LogP contribution in [-0.4, -0.2) is 17.7 Å². The summed E-state index contributed by atoms with van der Waals surface area (Å²) in [5.74, 6) is 0.539. The molecule has 5 nitrogen and oxygen atoms in total. The minimum absolute atomic E-state index is 0.0547. The van der Waals surface area contributed by atoms with Crippen molar-refractivity contribution in [2.75, 3.05) is 6.61 Å². The minimum atomic E-state index is -0.921. The zero-order valence-electron chi connectivity index (χ0n) is 19.7. The molecule has 36 heavy (non-hydrogen) atoms. The van der Waals surface area contributed by atoms with E-state index in [2.05, 4.69) is 12.1 Å². The maximum atomic E-state index is 14.5. The minimum Gasteiger partial charge on any atom is -0.493 e. The first-order chi connectivity index (χ1) is 17.5. The number of halogens is 1. The Kier molecular flexibility index (Phi) is 8.54. The molecule has 0 heterocycles. The highest BCUT2D eigenvalue weighted by atomic mass is 19.1. The SMILES string of the molecule is O=C(O)CCc1ccc(OCc2cc(OCCc3ccccc3)cc(Oc3ccccc3)c2)c(F)c1. The first kappa shape index (κ1) is 24.8. The second-order valence-electron chi connectivity index (χ2n) is 8.26. The molecule has 0 aliphatic heterocycles. The van der Waals surface area contributed by atoms with Gasteiger partial charge in [0.1, 0.15) is 23.9 Å². The molecule has 6 heteroatoms. The van der Waals surface area contributed by atoms with Crippen molar-refractivity contribution in [1.29, 1.82) is 0 Å². The Morgan fingerprint density at radius 3 is 2.14 bits per heavy atom. The van der Waals surface area contributed by atoms with Gasteiger partial charge in [-0.2, -0.15) is 0 Å². The lowest BCUT2D eigenvalue weighted by Crippen LogP contribution is -2.03. The van der Waals surface area contributed by atoms with Crippen LogP contribution in [-0.2, 0) is 24.2 Å². The van der Waals surface area contributed by atoms with Crippen LogP contribution < -0.4 is 14.2 Å². The van der Waals surface area contributed by atoms with Crippen LogP contribution in [0, 0.1) is 5.82 Å². The van der Waals surface area contributed by atoms with Gasteiger partial charge in [0.25, 0.3) is 0 Å². The van der Waals surface area contributed by atoms with Crippen LogP contribution in [0.1, 0.15) is 23.1 Å². The largest absolute Gasteiger partial charge is 0.493 e. The lowest BCUT2D eigenvalue weighted by Gasteiger charge is -2.14. The van der Waals surface area contributed by atoms with Gasteiger partial charge in [0.15, 0.2) is 11.6 Å². The van der Waals surface area contributed by atoms with E-state index in [0.717, 1.165) is 12.0 Å². The Morgan fingerprint density at radius 2 is 1.42 bits per heavy atom. The summed E-state index contributed by atoms with van der Waals surface area (Å²) in [7, 11) is 0. The molecule has 0 aliphatic rings. The predicted molar refractivity (Wildman–Crippen MR) is 135 cm³/mol. The molecular weight excluding hydrogens is 459 g/mol. The second-order valence-corrected chi connectivity index (χ2v) is 8.26. The van der Waals surface area contributed by atoms with E-state index in [1.54, 1.807) is 6.07 Å². The number of aryl methyl sites for hydroxylation is 1. The molecule has 4 aromatic rings. The Hall–Kier alpha value is -4.32. The fourth-order valence-corrected chi connectivity index (χ4v) is 3.64. The highest BCUT2D eigenvalue weighted by Crippen LogP contribution is 2.29. The summed E-state index contributed by atoms with van der Waals surface area (Å²) in [6.45, 7) is 0.595. The van der Waals surface area contributed by atoms with Crippen molar-refractivity contribution in [3.05, 3.63) is 120 Å². The summed E-state index contributed by atoms with van der Waals surface area (Å²) in [4.78, 5) is 10.8. The lowest BCUT2D eigenvalue weighted by molar-refractivity contribution is -0.136. The van der Waals surface area contributed by atoms with Gasteiger partial charge in [-0.3, -0.25) is 4.79 Å². The van der Waals surface area contributed by atoms with Gasteiger partial charge >= 0.3 is 5.97 Å². The van der Waals surface area contributed by atoms with Crippen molar-refractivity contribution in [2.24, 2.45) is 0 Å². The standard InChI is InChI=1S/C30H27FO5/c31-28-19-23(12-14-30(32)33)11-13-29(28)35-21-24-17-26(34-16-15-22-7-3-1-4-8-22)20-27(18-24)36-25-9-5-2-6-10-25/h1-11,13,17-20H,12,14-16,21H2,(H,32,33). The summed E-state index contributed by atoms with van der Waals surface area (Å²) >= 11 is 0. The average molecular weight is 487 g/mol. The molecule has 0 saturated heterocycles. The van der Waals surface area contributed by atoms with E-state index in [0.29, 0.717) is 29.4 Å². The number of rotatable bonds is 12. The van der Waals surface area contributed by atoms with Crippen LogP contribution in [0.3, 0.4) is 0 Å². The van der Waals surface area contributed by atoms with E-state index >= 15 is 0 Å². The van der Waals surface area contributed by atoms with Crippen molar-refractivity contribution in [3.8, 4) is 23.0 Å². The number of para-hydroxylation sites is 1. The fraction of sp³-hybridized carbons (Fsp3) is 0.167. The zero-order chi connectivity index (χ0) is 25.2. The first-order valence-corrected chi connectivity index (χ1v) is 11.7. The summed E-state index contributed by atoms with van der Waals surface area (Å²) in [5.41, 5.74) is 2.54. The number of carbonyl (C=O) groups is 1. The second kappa shape index (κ2) is 12.4. The third kappa shape index (κ3) is 7.60. The Labute approximate surface area is 209 Å². The molecule has 0 fully saturated rings. The molecule has 0 aromatic heterocycles. The predicted octanol–water partition coefficient (Wildman–Crippen LogP) is 6.84. The van der Waals surface area contributed by atoms with Crippen molar-refractivity contribution in [1.82, 2.24) is 0 Å². The van der Waals surface area contributed by atoms with Gasteiger partial charge < -0.3 is 19.3 Å². The van der Waals surface area contributed by atoms with Crippen LogP contribution in [0.5, 0.6) is 23.0 Å². The Balaban J connectivity index is 1.46. The molecule has 0 unspecified atom stereocenters. The lowest BCUT2D eigenvalue weighted by atomic mass is 10.1. The molecule has 0 bridgehead atoms. The van der Waals surface area contributed by atoms with Gasteiger partial charge in [-0.25, -0.2) is 4.39 Å². The van der Waals surface area contributed by atoms with Crippen LogP contribution in [0.25, 0.3) is 0 Å². The molecule has 0 radical (unpaired) electrons. The normalized spacial score (nSPS) is 10.6. The molecule has 0 saturated carbocycles. The van der Waals surface area contributed by atoms with Crippen LogP contribution in [0.15, 0.2) is 97.1 Å². The van der Waals surface area contributed by atoms with E-state index < -0.39 is 11.8 Å². The molecule has 1 N–H and O–H groups in total. The van der Waals surface area contributed by atoms with Gasteiger partial charge in [0, 0.05) is 18.9 Å². The highest BCUT2D eigenvalue weighted by Gasteiger charge is 2.10. The van der Waals surface area contributed by atoms with Crippen molar-refractivity contribution < 1.29 is 28.5 Å². The van der Waals surface area contributed by atoms with Gasteiger partial charge in [0.05, 0.1) is 6.61 Å². The van der Waals surface area contributed by atoms with E-state index in [4.69, 9.17) is 19.3 Å². The molecule has 0 spiro atoms. The van der Waals surface area contributed by atoms with Crippen LogP contribution in [0.2, 0.25) is 0 Å². The number of benzene rings is 4. The molecule has 184 valence electrons. The maximum Gasteiger partial charge on any atom is 0.303 e. The summed E-state index contributed by atoms with van der Waals surface area (Å²) in [5, 5.41) is 8.82. The summed E-state index contributed by atoms with van der Waals surface area (Å²) in [6, 6.07) is 29.5. The first-order valence-electron chi connectivity index (χ1n) is 11.7. The number of carboxylic acid groups (broad SMARTS) is 1. The van der Waals surface area contributed by atoms with E-state index in [1.807, 2.05) is 66.7 Å². The highest BCUT2D eigenvalue weighted by molar-refractivity contribution is 5.67. The molecule has 4 rings (SSSR count). The topological polar surface area (TPSA) is 65.0 Å². The van der Waals surface area contributed by atoms with Crippen LogP contribution in [0.4, 0.5) is 4.39 Å². The van der Waals surface area contributed by atoms with E-state index in [1.165, 1.54) is 17.7 Å². The smallest absolute Gasteiger partial charge is 0.303 e. The van der Waals surface area contributed by atoms with Gasteiger partial charge in [-0.05, 0) is 59.5 Å². The maximum absolute atomic E-state index is 14.5. The quantitative estimate of drug-likeness (QED) is 0.238. The van der Waals surface area contributed by atoms with Crippen molar-refractivity contribution in [2.45, 2.75) is 25.9 Å². The Bertz CT molecular complexity index is 1280. The third-order valence-corrected chi connectivity index (χ3v) is 5.44. The molecule has 4 aromatic carbocycles.